The van der Waals surface area contributed by atoms with Crippen molar-refractivity contribution in [2.45, 2.75) is 46.1 Å². The molecule has 1 aromatic heterocycles. The maximum atomic E-state index is 4.98. The van der Waals surface area contributed by atoms with E-state index in [1.54, 1.807) is 0 Å². The molecule has 1 atom stereocenters. The molecule has 1 unspecified atom stereocenters. The van der Waals surface area contributed by atoms with Gasteiger partial charge in [-0.1, -0.05) is 106 Å². The van der Waals surface area contributed by atoms with Gasteiger partial charge in [0.1, 0.15) is 11.0 Å². The number of aromatic nitrogens is 3. The maximum absolute atomic E-state index is 4.98. The van der Waals surface area contributed by atoms with E-state index in [0.717, 1.165) is 35.1 Å². The van der Waals surface area contributed by atoms with Crippen LogP contribution in [0.2, 0.25) is 0 Å². The Bertz CT molecular complexity index is 975. The summed E-state index contributed by atoms with van der Waals surface area (Å²) in [7, 11) is 0. The Kier molecular flexibility index (Phi) is 6.04. The smallest absolute Gasteiger partial charge is 0.121 e. The lowest BCUT2D eigenvalue weighted by atomic mass is 9.98. The van der Waals surface area contributed by atoms with E-state index in [-0.39, 0.29) is 0 Å². The molecule has 1 heterocycles. The SMILES string of the molecule is CCCCC(CC)Cn1nc2c(-c3ccccc3)ccc(-c3ccccc3)c2n1. The molecule has 29 heavy (non-hydrogen) atoms. The lowest BCUT2D eigenvalue weighted by Crippen LogP contribution is -2.12. The van der Waals surface area contributed by atoms with Crippen LogP contribution in [0.15, 0.2) is 72.8 Å². The first-order valence-electron chi connectivity index (χ1n) is 10.8. The lowest BCUT2D eigenvalue weighted by molar-refractivity contribution is 0.351. The maximum Gasteiger partial charge on any atom is 0.121 e. The number of rotatable bonds is 8. The second-order valence-corrected chi connectivity index (χ2v) is 7.76. The van der Waals surface area contributed by atoms with Crippen LogP contribution in [0.25, 0.3) is 33.3 Å². The zero-order valence-corrected chi connectivity index (χ0v) is 17.4. The van der Waals surface area contributed by atoms with Crippen LogP contribution in [0.4, 0.5) is 0 Å². The van der Waals surface area contributed by atoms with E-state index < -0.39 is 0 Å². The molecule has 0 amide bonds. The molecule has 0 bridgehead atoms. The molecule has 0 aliphatic heterocycles. The third-order valence-electron chi connectivity index (χ3n) is 5.72. The topological polar surface area (TPSA) is 30.7 Å². The van der Waals surface area contributed by atoms with Crippen molar-refractivity contribution < 1.29 is 0 Å². The van der Waals surface area contributed by atoms with Crippen molar-refractivity contribution in [1.82, 2.24) is 15.0 Å². The molecule has 0 fully saturated rings. The summed E-state index contributed by atoms with van der Waals surface area (Å²) in [6, 6.07) is 25.4. The average molecular weight is 384 g/mol. The van der Waals surface area contributed by atoms with Gasteiger partial charge < -0.3 is 0 Å². The average Bonchev–Trinajstić information content (AvgIpc) is 3.20. The molecule has 0 spiro atoms. The van der Waals surface area contributed by atoms with Crippen LogP contribution in [0, 0.1) is 5.92 Å². The number of nitrogens with zero attached hydrogens (tertiary/aromatic N) is 3. The number of benzene rings is 3. The van der Waals surface area contributed by atoms with E-state index >= 15 is 0 Å². The van der Waals surface area contributed by atoms with E-state index in [0.29, 0.717) is 5.92 Å². The number of unbranched alkanes of at least 4 members (excludes halogenated alkanes) is 1. The predicted octanol–water partition coefficient (Wildman–Crippen LogP) is 6.98. The van der Waals surface area contributed by atoms with Gasteiger partial charge in [-0.2, -0.15) is 15.0 Å². The van der Waals surface area contributed by atoms with Crippen LogP contribution >= 0.6 is 0 Å². The number of hydrogen-bond donors (Lipinski definition) is 0. The summed E-state index contributed by atoms with van der Waals surface area (Å²) in [6.45, 7) is 5.41. The molecular weight excluding hydrogens is 354 g/mol. The predicted molar refractivity (Wildman–Crippen MR) is 122 cm³/mol. The Morgan fingerprint density at radius 2 is 1.24 bits per heavy atom. The van der Waals surface area contributed by atoms with Crippen molar-refractivity contribution >= 4 is 11.0 Å². The molecule has 0 radical (unpaired) electrons. The van der Waals surface area contributed by atoms with Gasteiger partial charge in [0, 0.05) is 11.1 Å². The molecule has 3 aromatic carbocycles. The van der Waals surface area contributed by atoms with Crippen molar-refractivity contribution in [2.24, 2.45) is 5.92 Å². The summed E-state index contributed by atoms with van der Waals surface area (Å²) >= 11 is 0. The normalized spacial score (nSPS) is 12.3. The van der Waals surface area contributed by atoms with Crippen LogP contribution in [-0.2, 0) is 6.54 Å². The van der Waals surface area contributed by atoms with Crippen LogP contribution in [0.3, 0.4) is 0 Å². The number of hydrogen-bond acceptors (Lipinski definition) is 2. The van der Waals surface area contributed by atoms with E-state index in [2.05, 4.69) is 86.6 Å². The summed E-state index contributed by atoms with van der Waals surface area (Å²) < 4.78 is 0. The van der Waals surface area contributed by atoms with Gasteiger partial charge in [-0.15, -0.1) is 0 Å². The lowest BCUT2D eigenvalue weighted by Gasteiger charge is -2.12. The van der Waals surface area contributed by atoms with Gasteiger partial charge in [-0.05, 0) is 23.5 Å². The largest absolute Gasteiger partial charge is 0.183 e. The first-order valence-corrected chi connectivity index (χ1v) is 10.8. The molecule has 3 heteroatoms. The molecule has 0 aliphatic rings. The van der Waals surface area contributed by atoms with Crippen molar-refractivity contribution in [1.29, 1.82) is 0 Å². The Balaban J connectivity index is 1.81. The molecule has 3 nitrogen and oxygen atoms in total. The van der Waals surface area contributed by atoms with Crippen LogP contribution in [0.1, 0.15) is 39.5 Å². The second kappa shape index (κ2) is 9.04. The molecule has 0 N–H and O–H groups in total. The second-order valence-electron chi connectivity index (χ2n) is 7.76. The highest BCUT2D eigenvalue weighted by Crippen LogP contribution is 2.33. The first kappa shape index (κ1) is 19.4. The minimum Gasteiger partial charge on any atom is -0.183 e. The molecule has 4 aromatic rings. The van der Waals surface area contributed by atoms with Crippen LogP contribution in [0.5, 0.6) is 0 Å². The first-order chi connectivity index (χ1) is 14.3. The highest BCUT2D eigenvalue weighted by atomic mass is 15.5. The summed E-state index contributed by atoms with van der Waals surface area (Å²) in [6.07, 6.45) is 4.90. The third-order valence-corrected chi connectivity index (χ3v) is 5.72. The van der Waals surface area contributed by atoms with Gasteiger partial charge in [-0.25, -0.2) is 0 Å². The Morgan fingerprint density at radius 3 is 1.69 bits per heavy atom. The fourth-order valence-electron chi connectivity index (χ4n) is 3.97. The van der Waals surface area contributed by atoms with Gasteiger partial charge in [0.05, 0.1) is 6.54 Å². The summed E-state index contributed by atoms with van der Waals surface area (Å²) in [5, 5.41) is 9.95. The zero-order chi connectivity index (χ0) is 20.1. The van der Waals surface area contributed by atoms with Crippen LogP contribution in [-0.4, -0.2) is 15.0 Å². The summed E-state index contributed by atoms with van der Waals surface area (Å²) in [5.74, 6) is 0.622. The summed E-state index contributed by atoms with van der Waals surface area (Å²) in [4.78, 5) is 1.94. The van der Waals surface area contributed by atoms with Gasteiger partial charge >= 0.3 is 0 Å². The monoisotopic (exact) mass is 383 g/mol. The Morgan fingerprint density at radius 1 is 0.724 bits per heavy atom. The number of fused-ring (bicyclic) bond motifs is 1. The van der Waals surface area contributed by atoms with Crippen LogP contribution < -0.4 is 0 Å². The van der Waals surface area contributed by atoms with Gasteiger partial charge in [0.2, 0.25) is 0 Å². The highest BCUT2D eigenvalue weighted by molar-refractivity contribution is 6.00. The molecule has 4 rings (SSSR count). The van der Waals surface area contributed by atoms with E-state index in [1.807, 2.05) is 4.80 Å². The third kappa shape index (κ3) is 4.24. The van der Waals surface area contributed by atoms with Gasteiger partial charge in [0.25, 0.3) is 0 Å². The molecular formula is C26H29N3. The fourth-order valence-corrected chi connectivity index (χ4v) is 3.97. The minimum absolute atomic E-state index is 0.622. The highest BCUT2D eigenvalue weighted by Gasteiger charge is 2.16. The van der Waals surface area contributed by atoms with Gasteiger partial charge in [-0.3, -0.25) is 0 Å². The van der Waals surface area contributed by atoms with Crippen molar-refractivity contribution in [3.63, 3.8) is 0 Å². The Labute approximate surface area is 173 Å². The minimum atomic E-state index is 0.622. The Hall–Kier alpha value is -2.94. The molecule has 0 saturated heterocycles. The van der Waals surface area contributed by atoms with Crippen molar-refractivity contribution in [3.05, 3.63) is 72.8 Å². The van der Waals surface area contributed by atoms with Gasteiger partial charge in [0.15, 0.2) is 0 Å². The van der Waals surface area contributed by atoms with Crippen molar-refractivity contribution in [2.75, 3.05) is 0 Å². The quantitative estimate of drug-likeness (QED) is 0.328. The summed E-state index contributed by atoms with van der Waals surface area (Å²) in [5.41, 5.74) is 6.64. The zero-order valence-electron chi connectivity index (χ0n) is 17.4. The van der Waals surface area contributed by atoms with E-state index in [4.69, 9.17) is 10.2 Å². The van der Waals surface area contributed by atoms with Crippen molar-refractivity contribution in [3.8, 4) is 22.3 Å². The van der Waals surface area contributed by atoms with E-state index in [1.165, 1.54) is 30.4 Å². The molecule has 0 aliphatic carbocycles. The standard InChI is InChI=1S/C26H29N3/c1-3-5-12-20(4-2)19-29-27-25-23(21-13-8-6-9-14-21)17-18-24(26(25)28-29)22-15-10-7-11-16-22/h6-11,13-18,20H,3-5,12,19H2,1-2H3. The van der Waals surface area contributed by atoms with E-state index in [9.17, 15) is 0 Å². The fraction of sp³-hybridized carbons (Fsp3) is 0.308. The molecule has 148 valence electrons. The molecule has 0 saturated carbocycles.